The maximum atomic E-state index is 12.1. The normalized spacial score (nSPS) is 15.0. The molecule has 4 heteroatoms. The van der Waals surface area contributed by atoms with Crippen molar-refractivity contribution in [2.24, 2.45) is 5.73 Å². The van der Waals surface area contributed by atoms with Crippen LogP contribution in [-0.4, -0.2) is 21.3 Å². The summed E-state index contributed by atoms with van der Waals surface area (Å²) in [6, 6.07) is 7.56. The molecule has 108 valence electrons. The minimum absolute atomic E-state index is 0.194. The van der Waals surface area contributed by atoms with E-state index in [0.717, 1.165) is 24.3 Å². The van der Waals surface area contributed by atoms with E-state index in [1.165, 1.54) is 0 Å². The van der Waals surface area contributed by atoms with E-state index in [0.29, 0.717) is 5.75 Å². The Kier molecular flexibility index (Phi) is 6.01. The van der Waals surface area contributed by atoms with Gasteiger partial charge in [0.15, 0.2) is 0 Å². The number of rotatable bonds is 6. The molecule has 3 nitrogen and oxygen atoms in total. The molecule has 1 aromatic rings. The lowest BCUT2D eigenvalue weighted by Crippen LogP contribution is -2.29. The zero-order valence-corrected chi connectivity index (χ0v) is 13.1. The molecular formula is C15H25NO2S. The highest BCUT2D eigenvalue weighted by Gasteiger charge is 2.22. The highest BCUT2D eigenvalue weighted by atomic mass is 32.2. The van der Waals surface area contributed by atoms with Crippen LogP contribution in [0.25, 0.3) is 0 Å². The standard InChI is InChI=1S/C15H25NO2S/c1-5-10-18-13-8-6-12(7-9-13)14(16)11-19(17)15(2,3)4/h6-9,14H,5,10-11,16H2,1-4H3. The molecule has 0 heterocycles. The van der Waals surface area contributed by atoms with Crippen molar-refractivity contribution in [2.75, 3.05) is 12.4 Å². The first-order chi connectivity index (χ1) is 8.84. The number of hydrogen-bond donors (Lipinski definition) is 1. The topological polar surface area (TPSA) is 52.3 Å². The third kappa shape index (κ3) is 5.33. The monoisotopic (exact) mass is 283 g/mol. The first-order valence-corrected chi connectivity index (χ1v) is 8.03. The lowest BCUT2D eigenvalue weighted by molar-refractivity contribution is 0.317. The average Bonchev–Trinajstić information content (AvgIpc) is 2.35. The van der Waals surface area contributed by atoms with E-state index in [1.54, 1.807) is 0 Å². The van der Waals surface area contributed by atoms with E-state index in [-0.39, 0.29) is 10.8 Å². The molecule has 0 aliphatic carbocycles. The average molecular weight is 283 g/mol. The van der Waals surface area contributed by atoms with Gasteiger partial charge in [-0.1, -0.05) is 19.1 Å². The van der Waals surface area contributed by atoms with Crippen molar-refractivity contribution < 1.29 is 8.95 Å². The van der Waals surface area contributed by atoms with Gasteiger partial charge in [-0.15, -0.1) is 0 Å². The molecule has 0 radical (unpaired) electrons. The molecule has 1 aromatic carbocycles. The lowest BCUT2D eigenvalue weighted by atomic mass is 10.1. The SMILES string of the molecule is CCCOc1ccc(C(N)CS(=O)C(C)(C)C)cc1. The van der Waals surface area contributed by atoms with Crippen molar-refractivity contribution in [1.29, 1.82) is 0 Å². The third-order valence-electron chi connectivity index (χ3n) is 2.80. The Morgan fingerprint density at radius 1 is 1.26 bits per heavy atom. The van der Waals surface area contributed by atoms with Gasteiger partial charge in [-0.05, 0) is 44.9 Å². The van der Waals surface area contributed by atoms with E-state index in [2.05, 4.69) is 6.92 Å². The smallest absolute Gasteiger partial charge is 0.119 e. The van der Waals surface area contributed by atoms with Gasteiger partial charge in [0.1, 0.15) is 5.75 Å². The Balaban J connectivity index is 2.62. The predicted octanol–water partition coefficient (Wildman–Crippen LogP) is 3.02. The fourth-order valence-electron chi connectivity index (χ4n) is 1.54. The summed E-state index contributed by atoms with van der Waals surface area (Å²) in [4.78, 5) is 0. The minimum atomic E-state index is -0.934. The van der Waals surface area contributed by atoms with Gasteiger partial charge in [0, 0.05) is 27.3 Å². The van der Waals surface area contributed by atoms with Gasteiger partial charge in [-0.2, -0.15) is 0 Å². The summed E-state index contributed by atoms with van der Waals surface area (Å²) >= 11 is 0. The fraction of sp³-hybridized carbons (Fsp3) is 0.600. The number of hydrogen-bond acceptors (Lipinski definition) is 3. The van der Waals surface area contributed by atoms with Crippen molar-refractivity contribution in [1.82, 2.24) is 0 Å². The first kappa shape index (κ1) is 16.2. The van der Waals surface area contributed by atoms with Gasteiger partial charge in [0.25, 0.3) is 0 Å². The molecule has 2 N–H and O–H groups in total. The maximum absolute atomic E-state index is 12.1. The summed E-state index contributed by atoms with van der Waals surface area (Å²) in [6.45, 7) is 8.71. The highest BCUT2D eigenvalue weighted by Crippen LogP contribution is 2.20. The van der Waals surface area contributed by atoms with Gasteiger partial charge in [-0.3, -0.25) is 4.21 Å². The molecular weight excluding hydrogens is 258 g/mol. The molecule has 0 amide bonds. The van der Waals surface area contributed by atoms with E-state index < -0.39 is 10.8 Å². The molecule has 0 aliphatic rings. The van der Waals surface area contributed by atoms with Gasteiger partial charge < -0.3 is 10.5 Å². The highest BCUT2D eigenvalue weighted by molar-refractivity contribution is 7.86. The first-order valence-electron chi connectivity index (χ1n) is 6.71. The van der Waals surface area contributed by atoms with Crippen LogP contribution in [0.4, 0.5) is 0 Å². The van der Waals surface area contributed by atoms with Crippen LogP contribution in [0.2, 0.25) is 0 Å². The van der Waals surface area contributed by atoms with Crippen LogP contribution in [-0.2, 0) is 10.8 Å². The van der Waals surface area contributed by atoms with E-state index in [9.17, 15) is 4.21 Å². The van der Waals surface area contributed by atoms with Crippen molar-refractivity contribution in [2.45, 2.75) is 44.9 Å². The summed E-state index contributed by atoms with van der Waals surface area (Å²) in [5.41, 5.74) is 7.11. The van der Waals surface area contributed by atoms with Crippen LogP contribution in [0.5, 0.6) is 5.75 Å². The van der Waals surface area contributed by atoms with Gasteiger partial charge in [-0.25, -0.2) is 0 Å². The summed E-state index contributed by atoms with van der Waals surface area (Å²) in [6.07, 6.45) is 0.992. The van der Waals surface area contributed by atoms with Crippen LogP contribution in [0.3, 0.4) is 0 Å². The molecule has 0 saturated carbocycles. The third-order valence-corrected chi connectivity index (χ3v) is 4.82. The van der Waals surface area contributed by atoms with Gasteiger partial charge in [0.2, 0.25) is 0 Å². The van der Waals surface area contributed by atoms with Crippen LogP contribution in [0.1, 0.15) is 45.7 Å². The Hall–Kier alpha value is -0.870. The van der Waals surface area contributed by atoms with E-state index in [4.69, 9.17) is 10.5 Å². The van der Waals surface area contributed by atoms with Crippen LogP contribution in [0.15, 0.2) is 24.3 Å². The van der Waals surface area contributed by atoms with Crippen LogP contribution < -0.4 is 10.5 Å². The second kappa shape index (κ2) is 7.06. The predicted molar refractivity (Wildman–Crippen MR) is 81.9 cm³/mol. The second-order valence-corrected chi connectivity index (χ2v) is 7.90. The van der Waals surface area contributed by atoms with E-state index in [1.807, 2.05) is 45.0 Å². The largest absolute Gasteiger partial charge is 0.494 e. The Bertz CT molecular complexity index is 409. The number of ether oxygens (including phenoxy) is 1. The summed E-state index contributed by atoms with van der Waals surface area (Å²) in [5.74, 6) is 1.34. The van der Waals surface area contributed by atoms with Crippen molar-refractivity contribution in [3.63, 3.8) is 0 Å². The van der Waals surface area contributed by atoms with E-state index >= 15 is 0 Å². The van der Waals surface area contributed by atoms with Gasteiger partial charge in [0.05, 0.1) is 6.61 Å². The van der Waals surface area contributed by atoms with Crippen LogP contribution in [0, 0.1) is 0 Å². The van der Waals surface area contributed by atoms with Crippen molar-refractivity contribution in [3.8, 4) is 5.75 Å². The molecule has 0 bridgehead atoms. The number of benzene rings is 1. The molecule has 0 saturated heterocycles. The quantitative estimate of drug-likeness (QED) is 0.873. The minimum Gasteiger partial charge on any atom is -0.494 e. The molecule has 1 rings (SSSR count). The molecule has 0 aliphatic heterocycles. The van der Waals surface area contributed by atoms with Crippen molar-refractivity contribution >= 4 is 10.8 Å². The van der Waals surface area contributed by atoms with Crippen molar-refractivity contribution in [3.05, 3.63) is 29.8 Å². The molecule has 0 fully saturated rings. The lowest BCUT2D eigenvalue weighted by Gasteiger charge is -2.21. The Morgan fingerprint density at radius 2 is 1.84 bits per heavy atom. The maximum Gasteiger partial charge on any atom is 0.119 e. The molecule has 2 atom stereocenters. The van der Waals surface area contributed by atoms with Crippen LogP contribution >= 0.6 is 0 Å². The Labute approximate surface area is 119 Å². The molecule has 0 aromatic heterocycles. The van der Waals surface area contributed by atoms with Gasteiger partial charge >= 0.3 is 0 Å². The molecule has 0 spiro atoms. The fourth-order valence-corrected chi connectivity index (χ4v) is 2.56. The summed E-state index contributed by atoms with van der Waals surface area (Å²) < 4.78 is 17.4. The summed E-state index contributed by atoms with van der Waals surface area (Å²) in [7, 11) is -0.934. The molecule has 19 heavy (non-hydrogen) atoms. The second-order valence-electron chi connectivity index (χ2n) is 5.65. The number of nitrogens with two attached hydrogens (primary N) is 1. The zero-order valence-electron chi connectivity index (χ0n) is 12.3. The molecule has 2 unspecified atom stereocenters. The Morgan fingerprint density at radius 3 is 2.32 bits per heavy atom. The zero-order chi connectivity index (χ0) is 14.5. The summed E-state index contributed by atoms with van der Waals surface area (Å²) in [5, 5.41) is 0.